The van der Waals surface area contributed by atoms with Crippen LogP contribution in [0.4, 0.5) is 0 Å². The summed E-state index contributed by atoms with van der Waals surface area (Å²) < 4.78 is 1.46. The Bertz CT molecular complexity index is 511. The third-order valence-corrected chi connectivity index (χ3v) is 2.44. The van der Waals surface area contributed by atoms with Crippen LogP contribution in [0, 0.1) is 0 Å². The van der Waals surface area contributed by atoms with Gasteiger partial charge < -0.3 is 10.4 Å². The van der Waals surface area contributed by atoms with E-state index in [1.807, 2.05) is 24.3 Å². The van der Waals surface area contributed by atoms with Crippen LogP contribution in [0.1, 0.15) is 11.1 Å². The maximum absolute atomic E-state index is 11.6. The van der Waals surface area contributed by atoms with Gasteiger partial charge >= 0.3 is 0 Å². The minimum Gasteiger partial charge on any atom is -0.392 e. The predicted molar refractivity (Wildman–Crippen MR) is 64.2 cm³/mol. The number of rotatable bonds is 5. The van der Waals surface area contributed by atoms with Gasteiger partial charge in [-0.2, -0.15) is 0 Å². The molecular weight excluding hydrogens is 232 g/mol. The van der Waals surface area contributed by atoms with Gasteiger partial charge in [-0.1, -0.05) is 29.5 Å². The number of aliphatic hydroxyl groups excluding tert-OH is 1. The largest absolute Gasteiger partial charge is 0.392 e. The van der Waals surface area contributed by atoms with Crippen LogP contribution in [-0.2, 0) is 24.5 Å². The van der Waals surface area contributed by atoms with Crippen LogP contribution in [0.3, 0.4) is 0 Å². The Balaban J connectivity index is 1.85. The molecule has 0 radical (unpaired) electrons. The Morgan fingerprint density at radius 2 is 2.22 bits per heavy atom. The lowest BCUT2D eigenvalue weighted by atomic mass is 10.1. The molecule has 0 saturated carbocycles. The average Bonchev–Trinajstić information content (AvgIpc) is 2.89. The number of amides is 1. The fraction of sp³-hybridized carbons (Fsp3) is 0.250. The van der Waals surface area contributed by atoms with E-state index in [0.29, 0.717) is 6.54 Å². The van der Waals surface area contributed by atoms with E-state index in [2.05, 4.69) is 15.6 Å². The molecule has 2 rings (SSSR count). The number of aliphatic hydroxyl groups is 1. The minimum atomic E-state index is -0.130. The van der Waals surface area contributed by atoms with Gasteiger partial charge in [0.05, 0.1) is 12.8 Å². The zero-order valence-electron chi connectivity index (χ0n) is 9.78. The second-order valence-corrected chi connectivity index (χ2v) is 3.86. The van der Waals surface area contributed by atoms with Crippen molar-refractivity contribution in [3.63, 3.8) is 0 Å². The Hall–Kier alpha value is -2.21. The summed E-state index contributed by atoms with van der Waals surface area (Å²) in [5.41, 5.74) is 1.78. The van der Waals surface area contributed by atoms with Crippen molar-refractivity contribution >= 4 is 5.91 Å². The Labute approximate surface area is 104 Å². The van der Waals surface area contributed by atoms with Crippen molar-refractivity contribution in [1.29, 1.82) is 0 Å². The summed E-state index contributed by atoms with van der Waals surface area (Å²) in [6, 6.07) is 7.44. The van der Waals surface area contributed by atoms with Crippen molar-refractivity contribution < 1.29 is 9.90 Å². The molecule has 0 aliphatic carbocycles. The van der Waals surface area contributed by atoms with Crippen molar-refractivity contribution in [2.45, 2.75) is 19.7 Å². The van der Waals surface area contributed by atoms with E-state index >= 15 is 0 Å². The second-order valence-electron chi connectivity index (χ2n) is 3.86. The molecular formula is C12H14N4O2. The van der Waals surface area contributed by atoms with E-state index < -0.39 is 0 Å². The standard InChI is InChI=1S/C12H14N4O2/c17-9-11-3-1-2-10(6-11)7-13-12(18)8-16-5-4-14-15-16/h1-6,17H,7-9H2,(H,13,18). The second kappa shape index (κ2) is 5.92. The van der Waals surface area contributed by atoms with Crippen LogP contribution in [0.15, 0.2) is 36.7 Å². The lowest BCUT2D eigenvalue weighted by molar-refractivity contribution is -0.122. The van der Waals surface area contributed by atoms with Gasteiger partial charge in [0, 0.05) is 12.7 Å². The smallest absolute Gasteiger partial charge is 0.242 e. The number of carbonyl (C=O) groups is 1. The van der Waals surface area contributed by atoms with Crippen molar-refractivity contribution in [3.05, 3.63) is 47.8 Å². The molecule has 2 aromatic rings. The number of nitrogens with one attached hydrogen (secondary N) is 1. The van der Waals surface area contributed by atoms with Gasteiger partial charge in [0.2, 0.25) is 5.91 Å². The van der Waals surface area contributed by atoms with Crippen LogP contribution in [0.25, 0.3) is 0 Å². The Kier molecular flexibility index (Phi) is 4.03. The van der Waals surface area contributed by atoms with Crippen LogP contribution < -0.4 is 5.32 Å². The van der Waals surface area contributed by atoms with Gasteiger partial charge in [-0.25, -0.2) is 4.68 Å². The number of nitrogens with zero attached hydrogens (tertiary/aromatic N) is 3. The van der Waals surface area contributed by atoms with Crippen LogP contribution in [-0.4, -0.2) is 26.0 Å². The summed E-state index contributed by atoms with van der Waals surface area (Å²) in [6.07, 6.45) is 3.16. The molecule has 6 nitrogen and oxygen atoms in total. The lowest BCUT2D eigenvalue weighted by Crippen LogP contribution is -2.27. The van der Waals surface area contributed by atoms with E-state index in [4.69, 9.17) is 5.11 Å². The summed E-state index contributed by atoms with van der Waals surface area (Å²) in [5.74, 6) is -0.130. The van der Waals surface area contributed by atoms with Crippen molar-refractivity contribution in [2.24, 2.45) is 0 Å². The number of carbonyl (C=O) groups excluding carboxylic acids is 1. The molecule has 1 aromatic heterocycles. The number of aromatic nitrogens is 3. The maximum atomic E-state index is 11.6. The third-order valence-electron chi connectivity index (χ3n) is 2.44. The summed E-state index contributed by atoms with van der Waals surface area (Å²) in [4.78, 5) is 11.6. The predicted octanol–water partition coefficient (Wildman–Crippen LogP) is 0.0868. The molecule has 0 fully saturated rings. The van der Waals surface area contributed by atoms with Gasteiger partial charge in [0.15, 0.2) is 0 Å². The third kappa shape index (κ3) is 3.39. The van der Waals surface area contributed by atoms with Crippen molar-refractivity contribution in [1.82, 2.24) is 20.3 Å². The maximum Gasteiger partial charge on any atom is 0.242 e. The van der Waals surface area contributed by atoms with Crippen molar-refractivity contribution in [3.8, 4) is 0 Å². The SMILES string of the molecule is O=C(Cn1ccnn1)NCc1cccc(CO)c1. The van der Waals surface area contributed by atoms with Gasteiger partial charge in [-0.05, 0) is 11.1 Å². The van der Waals surface area contributed by atoms with E-state index in [1.165, 1.54) is 10.9 Å². The summed E-state index contributed by atoms with van der Waals surface area (Å²) in [7, 11) is 0. The minimum absolute atomic E-state index is 0.000737. The monoisotopic (exact) mass is 246 g/mol. The highest BCUT2D eigenvalue weighted by atomic mass is 16.3. The first-order valence-electron chi connectivity index (χ1n) is 5.57. The van der Waals surface area contributed by atoms with Gasteiger partial charge in [-0.3, -0.25) is 4.79 Å². The zero-order valence-corrected chi connectivity index (χ0v) is 9.78. The topological polar surface area (TPSA) is 80.0 Å². The molecule has 2 N–H and O–H groups in total. The summed E-state index contributed by atoms with van der Waals surface area (Å²) in [6.45, 7) is 0.585. The first kappa shape index (κ1) is 12.3. The molecule has 1 heterocycles. The molecule has 0 aliphatic rings. The molecule has 6 heteroatoms. The van der Waals surface area contributed by atoms with E-state index in [9.17, 15) is 4.79 Å². The number of hydrogen-bond donors (Lipinski definition) is 2. The summed E-state index contributed by atoms with van der Waals surface area (Å²) in [5, 5.41) is 19.1. The first-order chi connectivity index (χ1) is 8.78. The zero-order chi connectivity index (χ0) is 12.8. The molecule has 0 aliphatic heterocycles. The molecule has 1 aromatic carbocycles. The Morgan fingerprint density at radius 1 is 1.39 bits per heavy atom. The molecule has 0 unspecified atom stereocenters. The Morgan fingerprint density at radius 3 is 2.94 bits per heavy atom. The molecule has 18 heavy (non-hydrogen) atoms. The highest BCUT2D eigenvalue weighted by Gasteiger charge is 2.03. The fourth-order valence-electron chi connectivity index (χ4n) is 1.56. The molecule has 1 amide bonds. The number of benzene rings is 1. The van der Waals surface area contributed by atoms with Crippen molar-refractivity contribution in [2.75, 3.05) is 0 Å². The van der Waals surface area contributed by atoms with Gasteiger partial charge in [0.1, 0.15) is 6.54 Å². The summed E-state index contributed by atoms with van der Waals surface area (Å²) >= 11 is 0. The highest BCUT2D eigenvalue weighted by molar-refractivity contribution is 5.75. The van der Waals surface area contributed by atoms with Crippen LogP contribution in [0.2, 0.25) is 0 Å². The number of hydrogen-bond acceptors (Lipinski definition) is 4. The van der Waals surface area contributed by atoms with Gasteiger partial charge in [-0.15, -0.1) is 5.10 Å². The molecule has 0 bridgehead atoms. The highest BCUT2D eigenvalue weighted by Crippen LogP contribution is 2.04. The van der Waals surface area contributed by atoms with Crippen LogP contribution >= 0.6 is 0 Å². The molecule has 0 saturated heterocycles. The average molecular weight is 246 g/mol. The first-order valence-corrected chi connectivity index (χ1v) is 5.57. The van der Waals surface area contributed by atoms with E-state index in [-0.39, 0.29) is 19.1 Å². The normalized spacial score (nSPS) is 10.3. The quantitative estimate of drug-likeness (QED) is 0.783. The van der Waals surface area contributed by atoms with Crippen LogP contribution in [0.5, 0.6) is 0 Å². The fourth-order valence-corrected chi connectivity index (χ4v) is 1.56. The molecule has 0 atom stereocenters. The lowest BCUT2D eigenvalue weighted by Gasteiger charge is -2.06. The van der Waals surface area contributed by atoms with E-state index in [1.54, 1.807) is 6.20 Å². The molecule has 0 spiro atoms. The van der Waals surface area contributed by atoms with Gasteiger partial charge in [0.25, 0.3) is 0 Å². The van der Waals surface area contributed by atoms with E-state index in [0.717, 1.165) is 11.1 Å². The molecule has 94 valence electrons.